The molecule has 1 aromatic carbocycles. The Morgan fingerprint density at radius 3 is 2.86 bits per heavy atom. The molecule has 0 unspecified atom stereocenters. The van der Waals surface area contributed by atoms with Gasteiger partial charge in [0.05, 0.1) is 17.6 Å². The quantitative estimate of drug-likeness (QED) is 0.736. The number of piperidine rings is 1. The van der Waals surface area contributed by atoms with Crippen LogP contribution in [0, 0.1) is 0 Å². The van der Waals surface area contributed by atoms with Gasteiger partial charge in [0.2, 0.25) is 0 Å². The van der Waals surface area contributed by atoms with Crippen LogP contribution in [0.3, 0.4) is 0 Å². The summed E-state index contributed by atoms with van der Waals surface area (Å²) in [6.07, 6.45) is 7.82. The smallest absolute Gasteiger partial charge is 0.253 e. The summed E-state index contributed by atoms with van der Waals surface area (Å²) < 4.78 is 0. The lowest BCUT2D eigenvalue weighted by atomic mass is 9.78. The number of aromatic amines is 2. The molecule has 6 nitrogen and oxygen atoms in total. The van der Waals surface area contributed by atoms with E-state index in [1.54, 1.807) is 0 Å². The summed E-state index contributed by atoms with van der Waals surface area (Å²) >= 11 is 0. The first-order valence-electron chi connectivity index (χ1n) is 10.4. The zero-order valence-electron chi connectivity index (χ0n) is 16.4. The molecule has 0 saturated carbocycles. The van der Waals surface area contributed by atoms with Crippen molar-refractivity contribution >= 4 is 16.8 Å². The Kier molecular flexibility index (Phi) is 4.23. The van der Waals surface area contributed by atoms with E-state index in [0.717, 1.165) is 68.3 Å². The Balaban J connectivity index is 1.38. The van der Waals surface area contributed by atoms with Gasteiger partial charge in [0.25, 0.3) is 5.91 Å². The van der Waals surface area contributed by atoms with Crippen molar-refractivity contribution in [1.82, 2.24) is 24.8 Å². The minimum atomic E-state index is -0.0229. The Bertz CT molecular complexity index is 995. The first kappa shape index (κ1) is 17.5. The summed E-state index contributed by atoms with van der Waals surface area (Å²) in [5.41, 5.74) is 4.32. The average molecular weight is 377 g/mol. The number of nitrogens with zero attached hydrogens (tertiary/aromatic N) is 3. The number of hydrogen-bond acceptors (Lipinski definition) is 3. The maximum absolute atomic E-state index is 13.1. The van der Waals surface area contributed by atoms with Crippen LogP contribution in [0.5, 0.6) is 0 Å². The second kappa shape index (κ2) is 6.78. The van der Waals surface area contributed by atoms with E-state index in [4.69, 9.17) is 4.98 Å². The third kappa shape index (κ3) is 2.66. The van der Waals surface area contributed by atoms with Gasteiger partial charge in [-0.1, -0.05) is 6.92 Å². The molecule has 2 N–H and O–H groups in total. The molecule has 1 saturated heterocycles. The zero-order valence-corrected chi connectivity index (χ0v) is 16.4. The van der Waals surface area contributed by atoms with E-state index in [9.17, 15) is 4.79 Å². The van der Waals surface area contributed by atoms with Crippen molar-refractivity contribution in [2.75, 3.05) is 26.2 Å². The van der Waals surface area contributed by atoms with Crippen molar-refractivity contribution in [3.8, 4) is 0 Å². The summed E-state index contributed by atoms with van der Waals surface area (Å²) in [5.74, 6) is 0.137. The van der Waals surface area contributed by atoms with Gasteiger partial charge in [0.15, 0.2) is 0 Å². The van der Waals surface area contributed by atoms with Gasteiger partial charge in [-0.15, -0.1) is 0 Å². The lowest BCUT2D eigenvalue weighted by Crippen LogP contribution is -2.57. The number of aromatic nitrogens is 3. The van der Waals surface area contributed by atoms with Crippen molar-refractivity contribution in [2.45, 2.75) is 38.1 Å². The Hall–Kier alpha value is -2.60. The van der Waals surface area contributed by atoms with Gasteiger partial charge in [0.1, 0.15) is 0 Å². The number of H-pyrrole nitrogens is 2. The first-order valence-corrected chi connectivity index (χ1v) is 10.4. The number of hydrogen-bond donors (Lipinski definition) is 2. The standard InChI is InChI=1S/C22H27N5O/c1-2-10-27-11-6-19-20(25-15-24-19)22(27)7-12-26(13-8-22)21(28)17-3-4-18-16(14-17)5-9-23-18/h3-5,9,14-15,23H,2,6-8,10-13H2,1H3,(H,24,25). The normalized spacial score (nSPS) is 19.2. The van der Waals surface area contributed by atoms with Crippen LogP contribution in [0.2, 0.25) is 0 Å². The van der Waals surface area contributed by atoms with Gasteiger partial charge < -0.3 is 14.9 Å². The van der Waals surface area contributed by atoms with E-state index in [1.807, 2.05) is 41.7 Å². The van der Waals surface area contributed by atoms with E-state index in [0.29, 0.717) is 0 Å². The summed E-state index contributed by atoms with van der Waals surface area (Å²) in [7, 11) is 0. The molecule has 1 fully saturated rings. The number of rotatable bonds is 3. The lowest BCUT2D eigenvalue weighted by molar-refractivity contribution is 0.00709. The molecule has 1 spiro atoms. The van der Waals surface area contributed by atoms with Crippen LogP contribution >= 0.6 is 0 Å². The van der Waals surface area contributed by atoms with Crippen molar-refractivity contribution in [3.63, 3.8) is 0 Å². The molecule has 0 radical (unpaired) electrons. The van der Waals surface area contributed by atoms with Gasteiger partial charge in [-0.05, 0) is 50.1 Å². The third-order valence-corrected chi connectivity index (χ3v) is 6.57. The van der Waals surface area contributed by atoms with Gasteiger partial charge in [-0.25, -0.2) is 4.98 Å². The Labute approximate surface area is 164 Å². The molecule has 146 valence electrons. The van der Waals surface area contributed by atoms with Crippen molar-refractivity contribution in [2.24, 2.45) is 0 Å². The van der Waals surface area contributed by atoms with E-state index >= 15 is 0 Å². The second-order valence-electron chi connectivity index (χ2n) is 8.07. The largest absolute Gasteiger partial charge is 0.361 e. The molecule has 6 heteroatoms. The van der Waals surface area contributed by atoms with Crippen LogP contribution in [0.4, 0.5) is 0 Å². The molecule has 0 aliphatic carbocycles. The number of fused-ring (bicyclic) bond motifs is 3. The van der Waals surface area contributed by atoms with Crippen molar-refractivity contribution < 1.29 is 4.79 Å². The minimum absolute atomic E-state index is 0.0229. The molecule has 1 amide bonds. The SMILES string of the molecule is CCCN1CCc2[nH]cnc2C12CCN(C(=O)c1ccc3[nH]ccc3c1)CC2. The van der Waals surface area contributed by atoms with Crippen LogP contribution in [0.15, 0.2) is 36.8 Å². The summed E-state index contributed by atoms with van der Waals surface area (Å²) in [4.78, 5) is 29.0. The monoisotopic (exact) mass is 377 g/mol. The Morgan fingerprint density at radius 1 is 1.18 bits per heavy atom. The molecule has 2 aliphatic heterocycles. The van der Waals surface area contributed by atoms with Crippen LogP contribution < -0.4 is 0 Å². The number of carbonyl (C=O) groups is 1. The van der Waals surface area contributed by atoms with E-state index in [2.05, 4.69) is 21.8 Å². The average Bonchev–Trinajstić information content (AvgIpc) is 3.39. The molecule has 2 aromatic heterocycles. The second-order valence-corrected chi connectivity index (χ2v) is 8.07. The summed E-state index contributed by atoms with van der Waals surface area (Å²) in [6, 6.07) is 7.94. The molecular formula is C22H27N5O. The third-order valence-electron chi connectivity index (χ3n) is 6.57. The number of carbonyl (C=O) groups excluding carboxylic acids is 1. The highest BCUT2D eigenvalue weighted by Gasteiger charge is 2.46. The van der Waals surface area contributed by atoms with Gasteiger partial charge in [-0.2, -0.15) is 0 Å². The van der Waals surface area contributed by atoms with Crippen molar-refractivity contribution in [3.05, 3.63) is 53.7 Å². The number of likely N-dealkylation sites (tertiary alicyclic amines) is 1. The fraction of sp³-hybridized carbons (Fsp3) is 0.455. The number of nitrogens with one attached hydrogen (secondary N) is 2. The highest BCUT2D eigenvalue weighted by atomic mass is 16.2. The Morgan fingerprint density at radius 2 is 2.04 bits per heavy atom. The fourth-order valence-electron chi connectivity index (χ4n) is 5.12. The predicted octanol–water partition coefficient (Wildman–Crippen LogP) is 3.29. The fourth-order valence-corrected chi connectivity index (χ4v) is 5.12. The molecule has 5 rings (SSSR count). The molecule has 0 bridgehead atoms. The van der Waals surface area contributed by atoms with Crippen LogP contribution in [-0.2, 0) is 12.0 Å². The summed E-state index contributed by atoms with van der Waals surface area (Å²) in [5, 5.41) is 1.09. The summed E-state index contributed by atoms with van der Waals surface area (Å²) in [6.45, 7) is 5.95. The number of benzene rings is 1. The maximum atomic E-state index is 13.1. The molecule has 3 aromatic rings. The van der Waals surface area contributed by atoms with Crippen LogP contribution in [0.25, 0.3) is 10.9 Å². The first-order chi connectivity index (χ1) is 13.7. The number of imidazole rings is 1. The van der Waals surface area contributed by atoms with Crippen LogP contribution in [-0.4, -0.2) is 56.8 Å². The van der Waals surface area contributed by atoms with E-state index < -0.39 is 0 Å². The lowest BCUT2D eigenvalue weighted by Gasteiger charge is -2.50. The van der Waals surface area contributed by atoms with Gasteiger partial charge in [0, 0.05) is 54.4 Å². The zero-order chi connectivity index (χ0) is 19.1. The molecule has 4 heterocycles. The highest BCUT2D eigenvalue weighted by molar-refractivity contribution is 5.98. The molecular weight excluding hydrogens is 350 g/mol. The van der Waals surface area contributed by atoms with E-state index in [1.165, 1.54) is 11.4 Å². The van der Waals surface area contributed by atoms with Gasteiger partial charge >= 0.3 is 0 Å². The molecule has 2 aliphatic rings. The maximum Gasteiger partial charge on any atom is 0.253 e. The minimum Gasteiger partial charge on any atom is -0.361 e. The highest BCUT2D eigenvalue weighted by Crippen LogP contribution is 2.42. The van der Waals surface area contributed by atoms with Crippen molar-refractivity contribution in [1.29, 1.82) is 0 Å². The molecule has 28 heavy (non-hydrogen) atoms. The van der Waals surface area contributed by atoms with Crippen LogP contribution in [0.1, 0.15) is 47.9 Å². The molecule has 0 atom stereocenters. The topological polar surface area (TPSA) is 68.0 Å². The van der Waals surface area contributed by atoms with E-state index in [-0.39, 0.29) is 11.4 Å². The number of amides is 1. The predicted molar refractivity (Wildman–Crippen MR) is 109 cm³/mol. The van der Waals surface area contributed by atoms with Gasteiger partial charge in [-0.3, -0.25) is 9.69 Å².